The van der Waals surface area contributed by atoms with Crippen molar-refractivity contribution in [1.29, 1.82) is 0 Å². The van der Waals surface area contributed by atoms with Crippen LogP contribution in [0.2, 0.25) is 0 Å². The third-order valence-corrected chi connectivity index (χ3v) is 3.78. The number of hydrogen-bond acceptors (Lipinski definition) is 5. The van der Waals surface area contributed by atoms with E-state index in [1.807, 2.05) is 42.8 Å². The van der Waals surface area contributed by atoms with Crippen molar-refractivity contribution in [3.8, 4) is 5.75 Å². The Morgan fingerprint density at radius 3 is 2.65 bits per heavy atom. The molecule has 0 aliphatic heterocycles. The van der Waals surface area contributed by atoms with E-state index >= 15 is 0 Å². The van der Waals surface area contributed by atoms with Crippen LogP contribution >= 0.6 is 0 Å². The smallest absolute Gasteiger partial charge is 0.160 e. The molecule has 0 fully saturated rings. The molecule has 2 aromatic heterocycles. The molecule has 3 rings (SSSR count). The van der Waals surface area contributed by atoms with E-state index in [0.29, 0.717) is 0 Å². The SMILES string of the molecule is CCc1nc(Nc2ccccc2OC)c2c(n1)c(C)nn2CC. The maximum atomic E-state index is 5.42. The summed E-state index contributed by atoms with van der Waals surface area (Å²) in [6.45, 7) is 6.85. The van der Waals surface area contributed by atoms with E-state index in [1.54, 1.807) is 7.11 Å². The Morgan fingerprint density at radius 2 is 1.96 bits per heavy atom. The first-order valence-electron chi connectivity index (χ1n) is 7.82. The molecule has 0 amide bonds. The van der Waals surface area contributed by atoms with Gasteiger partial charge in [0.25, 0.3) is 0 Å². The molecule has 0 aliphatic carbocycles. The largest absolute Gasteiger partial charge is 0.495 e. The number of benzene rings is 1. The molecule has 0 bridgehead atoms. The van der Waals surface area contributed by atoms with E-state index < -0.39 is 0 Å². The first kappa shape index (κ1) is 15.3. The Labute approximate surface area is 135 Å². The van der Waals surface area contributed by atoms with Crippen LogP contribution in [-0.2, 0) is 13.0 Å². The molecule has 6 heteroatoms. The molecule has 3 aromatic rings. The van der Waals surface area contributed by atoms with Gasteiger partial charge < -0.3 is 10.1 Å². The van der Waals surface area contributed by atoms with E-state index in [4.69, 9.17) is 4.74 Å². The lowest BCUT2D eigenvalue weighted by atomic mass is 10.2. The van der Waals surface area contributed by atoms with Crippen LogP contribution in [0.15, 0.2) is 24.3 Å². The standard InChI is InChI=1S/C17H21N5O/c1-5-14-19-15-11(3)21-22(6-2)16(15)17(20-14)18-12-9-7-8-10-13(12)23-4/h7-10H,5-6H2,1-4H3,(H,18,19,20). The second kappa shape index (κ2) is 6.24. The summed E-state index contributed by atoms with van der Waals surface area (Å²) < 4.78 is 7.35. The van der Waals surface area contributed by atoms with Crippen molar-refractivity contribution in [2.75, 3.05) is 12.4 Å². The Hall–Kier alpha value is -2.63. The van der Waals surface area contributed by atoms with E-state index in [9.17, 15) is 0 Å². The van der Waals surface area contributed by atoms with Crippen molar-refractivity contribution in [2.24, 2.45) is 0 Å². The quantitative estimate of drug-likeness (QED) is 0.781. The van der Waals surface area contributed by atoms with Gasteiger partial charge in [0.2, 0.25) is 0 Å². The summed E-state index contributed by atoms with van der Waals surface area (Å²) in [5.41, 5.74) is 3.62. The number of fused-ring (bicyclic) bond motifs is 1. The maximum absolute atomic E-state index is 5.42. The fourth-order valence-corrected chi connectivity index (χ4v) is 2.63. The van der Waals surface area contributed by atoms with E-state index in [1.165, 1.54) is 0 Å². The van der Waals surface area contributed by atoms with Crippen molar-refractivity contribution in [3.63, 3.8) is 0 Å². The highest BCUT2D eigenvalue weighted by Crippen LogP contribution is 2.30. The van der Waals surface area contributed by atoms with Gasteiger partial charge in [-0.1, -0.05) is 19.1 Å². The van der Waals surface area contributed by atoms with E-state index in [0.717, 1.165) is 52.8 Å². The van der Waals surface area contributed by atoms with Gasteiger partial charge in [-0.15, -0.1) is 0 Å². The van der Waals surface area contributed by atoms with Gasteiger partial charge in [0, 0.05) is 13.0 Å². The Kier molecular flexibility index (Phi) is 4.14. The fraction of sp³-hybridized carbons (Fsp3) is 0.353. The number of ether oxygens (including phenoxy) is 1. The zero-order chi connectivity index (χ0) is 16.4. The topological polar surface area (TPSA) is 64.9 Å². The van der Waals surface area contributed by atoms with Crippen molar-refractivity contribution >= 4 is 22.5 Å². The minimum absolute atomic E-state index is 0.763. The number of aromatic nitrogens is 4. The summed E-state index contributed by atoms with van der Waals surface area (Å²) in [5, 5.41) is 7.96. The van der Waals surface area contributed by atoms with Gasteiger partial charge in [0.1, 0.15) is 22.6 Å². The number of nitrogens with zero attached hydrogens (tertiary/aromatic N) is 4. The lowest BCUT2D eigenvalue weighted by molar-refractivity contribution is 0.417. The van der Waals surface area contributed by atoms with E-state index in [2.05, 4.69) is 27.3 Å². The zero-order valence-corrected chi connectivity index (χ0v) is 13.9. The van der Waals surface area contributed by atoms with Crippen molar-refractivity contribution in [2.45, 2.75) is 33.7 Å². The predicted molar refractivity (Wildman–Crippen MR) is 91.4 cm³/mol. The molecule has 6 nitrogen and oxygen atoms in total. The van der Waals surface area contributed by atoms with Crippen molar-refractivity contribution in [1.82, 2.24) is 19.7 Å². The number of aryl methyl sites for hydroxylation is 3. The third kappa shape index (κ3) is 2.72. The van der Waals surface area contributed by atoms with Gasteiger partial charge >= 0.3 is 0 Å². The lowest BCUT2D eigenvalue weighted by Crippen LogP contribution is -2.05. The van der Waals surface area contributed by atoms with Crippen LogP contribution in [-0.4, -0.2) is 26.9 Å². The summed E-state index contributed by atoms with van der Waals surface area (Å²) in [6.07, 6.45) is 0.771. The Bertz CT molecular complexity index is 840. The number of anilines is 2. The number of rotatable bonds is 5. The number of methoxy groups -OCH3 is 1. The van der Waals surface area contributed by atoms with Crippen LogP contribution in [0.5, 0.6) is 5.75 Å². The summed E-state index contributed by atoms with van der Waals surface area (Å²) in [4.78, 5) is 9.31. The predicted octanol–water partition coefficient (Wildman–Crippen LogP) is 3.47. The average Bonchev–Trinajstić information content (AvgIpc) is 2.91. The summed E-state index contributed by atoms with van der Waals surface area (Å²) in [5.74, 6) is 2.34. The minimum Gasteiger partial charge on any atom is -0.495 e. The molecule has 23 heavy (non-hydrogen) atoms. The van der Waals surface area contributed by atoms with Crippen LogP contribution in [0, 0.1) is 6.92 Å². The summed E-state index contributed by atoms with van der Waals surface area (Å²) in [6, 6.07) is 7.80. The van der Waals surface area contributed by atoms with Crippen molar-refractivity contribution < 1.29 is 4.74 Å². The molecule has 1 aromatic carbocycles. The minimum atomic E-state index is 0.763. The van der Waals surface area contributed by atoms with Gasteiger partial charge in [-0.25, -0.2) is 9.97 Å². The maximum Gasteiger partial charge on any atom is 0.160 e. The molecule has 1 N–H and O–H groups in total. The van der Waals surface area contributed by atoms with Crippen LogP contribution < -0.4 is 10.1 Å². The van der Waals surface area contributed by atoms with Gasteiger partial charge in [0.15, 0.2) is 5.82 Å². The lowest BCUT2D eigenvalue weighted by Gasteiger charge is -2.12. The molecule has 0 aliphatic rings. The molecule has 120 valence electrons. The molecule has 0 unspecified atom stereocenters. The molecule has 0 spiro atoms. The molecule has 0 saturated carbocycles. The zero-order valence-electron chi connectivity index (χ0n) is 13.9. The van der Waals surface area contributed by atoms with Crippen molar-refractivity contribution in [3.05, 3.63) is 35.8 Å². The number of hydrogen-bond donors (Lipinski definition) is 1. The molecular weight excluding hydrogens is 290 g/mol. The monoisotopic (exact) mass is 311 g/mol. The van der Waals surface area contributed by atoms with Gasteiger partial charge in [-0.3, -0.25) is 4.68 Å². The van der Waals surface area contributed by atoms with Gasteiger partial charge in [-0.05, 0) is 26.0 Å². The highest BCUT2D eigenvalue weighted by molar-refractivity contribution is 5.90. The van der Waals surface area contributed by atoms with Crippen LogP contribution in [0.1, 0.15) is 25.4 Å². The van der Waals surface area contributed by atoms with Crippen LogP contribution in [0.4, 0.5) is 11.5 Å². The number of para-hydroxylation sites is 2. The first-order chi connectivity index (χ1) is 11.2. The summed E-state index contributed by atoms with van der Waals surface area (Å²) >= 11 is 0. The summed E-state index contributed by atoms with van der Waals surface area (Å²) in [7, 11) is 1.66. The fourth-order valence-electron chi connectivity index (χ4n) is 2.63. The molecule has 2 heterocycles. The highest BCUT2D eigenvalue weighted by Gasteiger charge is 2.16. The second-order valence-corrected chi connectivity index (χ2v) is 5.27. The second-order valence-electron chi connectivity index (χ2n) is 5.27. The van der Waals surface area contributed by atoms with Crippen LogP contribution in [0.25, 0.3) is 11.0 Å². The van der Waals surface area contributed by atoms with Crippen LogP contribution in [0.3, 0.4) is 0 Å². The Morgan fingerprint density at radius 1 is 1.17 bits per heavy atom. The third-order valence-electron chi connectivity index (χ3n) is 3.78. The van der Waals surface area contributed by atoms with E-state index in [-0.39, 0.29) is 0 Å². The molecule has 0 saturated heterocycles. The molecular formula is C17H21N5O. The number of nitrogens with one attached hydrogen (secondary N) is 1. The van der Waals surface area contributed by atoms with Gasteiger partial charge in [0.05, 0.1) is 18.5 Å². The highest BCUT2D eigenvalue weighted by atomic mass is 16.5. The molecule has 0 radical (unpaired) electrons. The van der Waals surface area contributed by atoms with Gasteiger partial charge in [-0.2, -0.15) is 5.10 Å². The average molecular weight is 311 g/mol. The molecule has 0 atom stereocenters. The first-order valence-corrected chi connectivity index (χ1v) is 7.82. The normalized spacial score (nSPS) is 11.0. The Balaban J connectivity index is 2.19.